The number of nitrogens with one attached hydrogen (secondary N) is 1. The molecular weight excluding hydrogens is 400 g/mol. The van der Waals surface area contributed by atoms with Gasteiger partial charge in [-0.1, -0.05) is 46.3 Å². The molecule has 0 aliphatic heterocycles. The first-order chi connectivity index (χ1) is 9.61. The Bertz CT molecular complexity index is 645. The molecule has 1 amide bonds. The zero-order valence-corrected chi connectivity index (χ0v) is 14.3. The van der Waals surface area contributed by atoms with Gasteiger partial charge >= 0.3 is 0 Å². The van der Waals surface area contributed by atoms with Gasteiger partial charge in [-0.25, -0.2) is 0 Å². The molecule has 0 bridgehead atoms. The van der Waals surface area contributed by atoms with E-state index < -0.39 is 0 Å². The van der Waals surface area contributed by atoms with E-state index in [4.69, 9.17) is 0 Å². The lowest BCUT2D eigenvalue weighted by atomic mass is 10.0. The number of halogens is 2. The van der Waals surface area contributed by atoms with Gasteiger partial charge in [-0.3, -0.25) is 9.59 Å². The molecule has 0 heterocycles. The molecule has 2 aromatic rings. The van der Waals surface area contributed by atoms with E-state index in [1.165, 1.54) is 0 Å². The first kappa shape index (κ1) is 17.6. The van der Waals surface area contributed by atoms with Crippen LogP contribution in [0, 0.1) is 0 Å². The molecule has 0 aromatic heterocycles. The number of rotatable bonds is 4. The Morgan fingerprint density at radius 3 is 2.38 bits per heavy atom. The summed E-state index contributed by atoms with van der Waals surface area (Å²) in [5.41, 5.74) is 5.05. The van der Waals surface area contributed by atoms with Crippen molar-refractivity contribution in [3.63, 3.8) is 0 Å². The van der Waals surface area contributed by atoms with Gasteiger partial charge in [-0.15, -0.1) is 0 Å². The average molecular weight is 414 g/mol. The summed E-state index contributed by atoms with van der Waals surface area (Å²) in [7, 11) is 0. The number of benzene rings is 2. The zero-order valence-electron chi connectivity index (χ0n) is 11.1. The Balaban J connectivity index is 0.00000220. The van der Waals surface area contributed by atoms with Crippen molar-refractivity contribution in [2.24, 2.45) is 0 Å². The van der Waals surface area contributed by atoms with Crippen LogP contribution in [0.15, 0.2) is 53.0 Å². The summed E-state index contributed by atoms with van der Waals surface area (Å²) in [6.45, 7) is 0.120. The van der Waals surface area contributed by atoms with Crippen molar-refractivity contribution < 1.29 is 32.3 Å². The summed E-state index contributed by atoms with van der Waals surface area (Å²) < 4.78 is 0.782. The highest BCUT2D eigenvalue weighted by molar-refractivity contribution is 9.10. The Morgan fingerprint density at radius 1 is 1.10 bits per heavy atom. The third-order valence-corrected chi connectivity index (χ3v) is 3.26. The van der Waals surface area contributed by atoms with Crippen molar-refractivity contribution in [1.82, 2.24) is 0 Å². The Labute approximate surface area is 141 Å². The lowest BCUT2D eigenvalue weighted by Crippen LogP contribution is -3.00. The maximum atomic E-state index is 12.5. The first-order valence-electron chi connectivity index (χ1n) is 6.10. The molecule has 4 nitrogen and oxygen atoms in total. The normalized spacial score (nSPS) is 9.62. The molecule has 110 valence electrons. The van der Waals surface area contributed by atoms with E-state index in [-0.39, 0.29) is 35.2 Å². The van der Waals surface area contributed by atoms with Crippen LogP contribution in [0.4, 0.5) is 5.69 Å². The SMILES string of the molecule is [Br-].[NH3+]CC(=O)Nc1ccc(Br)cc1C(=O)c1ccccc1. The number of ketones is 1. The van der Waals surface area contributed by atoms with Crippen LogP contribution in [0.1, 0.15) is 15.9 Å². The highest BCUT2D eigenvalue weighted by Crippen LogP contribution is 2.23. The third-order valence-electron chi connectivity index (χ3n) is 2.76. The number of carbonyl (C=O) groups is 2. The second-order valence-electron chi connectivity index (χ2n) is 4.18. The van der Waals surface area contributed by atoms with Crippen LogP contribution in [0.25, 0.3) is 0 Å². The molecule has 21 heavy (non-hydrogen) atoms. The van der Waals surface area contributed by atoms with Crippen molar-refractivity contribution >= 4 is 33.3 Å². The van der Waals surface area contributed by atoms with Crippen LogP contribution in [0.2, 0.25) is 0 Å². The van der Waals surface area contributed by atoms with Crippen molar-refractivity contribution in [3.8, 4) is 0 Å². The minimum absolute atomic E-state index is 0. The highest BCUT2D eigenvalue weighted by Gasteiger charge is 2.15. The summed E-state index contributed by atoms with van der Waals surface area (Å²) >= 11 is 3.34. The minimum Gasteiger partial charge on any atom is -1.00 e. The molecular formula is C15H14Br2N2O2. The van der Waals surface area contributed by atoms with Gasteiger partial charge in [-0.2, -0.15) is 0 Å². The van der Waals surface area contributed by atoms with E-state index in [0.29, 0.717) is 16.8 Å². The molecule has 0 radical (unpaired) electrons. The number of quaternary nitrogens is 1. The molecule has 6 heteroatoms. The van der Waals surface area contributed by atoms with Crippen LogP contribution >= 0.6 is 15.9 Å². The Hall–Kier alpha value is -1.50. The first-order valence-corrected chi connectivity index (χ1v) is 6.89. The predicted molar refractivity (Wildman–Crippen MR) is 80.4 cm³/mol. The monoisotopic (exact) mass is 412 g/mol. The Morgan fingerprint density at radius 2 is 1.76 bits per heavy atom. The van der Waals surface area contributed by atoms with E-state index in [0.717, 1.165) is 4.47 Å². The maximum Gasteiger partial charge on any atom is 0.279 e. The molecule has 2 aromatic carbocycles. The molecule has 0 atom stereocenters. The second kappa shape index (κ2) is 8.07. The zero-order chi connectivity index (χ0) is 14.5. The largest absolute Gasteiger partial charge is 1.00 e. The number of carbonyl (C=O) groups excluding carboxylic acids is 2. The molecule has 0 spiro atoms. The average Bonchev–Trinajstić information content (AvgIpc) is 2.49. The van der Waals surface area contributed by atoms with Gasteiger partial charge < -0.3 is 28.0 Å². The standard InChI is InChI=1S/C15H13BrN2O2.BrH/c16-11-6-7-13(18-14(19)9-17)12(8-11)15(20)10-4-2-1-3-5-10;/h1-8H,9,17H2,(H,18,19);1H. The molecule has 0 unspecified atom stereocenters. The van der Waals surface area contributed by atoms with Gasteiger partial charge in [-0.05, 0) is 18.2 Å². The number of hydrogen-bond donors (Lipinski definition) is 2. The number of amides is 1. The molecule has 0 saturated heterocycles. The lowest BCUT2D eigenvalue weighted by molar-refractivity contribution is -0.353. The Kier molecular flexibility index (Phi) is 6.74. The van der Waals surface area contributed by atoms with Crippen molar-refractivity contribution in [2.45, 2.75) is 0 Å². The fourth-order valence-electron chi connectivity index (χ4n) is 1.77. The molecule has 0 fully saturated rings. The van der Waals surface area contributed by atoms with Crippen LogP contribution in [0.3, 0.4) is 0 Å². The van der Waals surface area contributed by atoms with E-state index in [1.807, 2.05) is 6.07 Å². The van der Waals surface area contributed by atoms with Crippen LogP contribution in [0.5, 0.6) is 0 Å². The fraction of sp³-hybridized carbons (Fsp3) is 0.0667. The number of hydrogen-bond acceptors (Lipinski definition) is 2. The van der Waals surface area contributed by atoms with Crippen molar-refractivity contribution in [3.05, 3.63) is 64.1 Å². The summed E-state index contributed by atoms with van der Waals surface area (Å²) in [4.78, 5) is 24.0. The molecule has 4 N–H and O–H groups in total. The van der Waals surface area contributed by atoms with E-state index in [1.54, 1.807) is 42.5 Å². The van der Waals surface area contributed by atoms with Crippen molar-refractivity contribution in [2.75, 3.05) is 11.9 Å². The number of anilines is 1. The smallest absolute Gasteiger partial charge is 0.279 e. The van der Waals surface area contributed by atoms with Gasteiger partial charge in [0.15, 0.2) is 12.3 Å². The summed E-state index contributed by atoms with van der Waals surface area (Å²) in [6.07, 6.45) is 0. The van der Waals surface area contributed by atoms with Gasteiger partial charge in [0, 0.05) is 15.6 Å². The molecule has 0 saturated carbocycles. The molecule has 2 rings (SSSR count). The van der Waals surface area contributed by atoms with Gasteiger partial charge in [0.05, 0.1) is 5.69 Å². The van der Waals surface area contributed by atoms with Crippen LogP contribution < -0.4 is 28.0 Å². The van der Waals surface area contributed by atoms with Gasteiger partial charge in [0.2, 0.25) is 0 Å². The topological polar surface area (TPSA) is 73.8 Å². The van der Waals surface area contributed by atoms with Crippen LogP contribution in [-0.2, 0) is 4.79 Å². The highest BCUT2D eigenvalue weighted by atomic mass is 79.9. The summed E-state index contributed by atoms with van der Waals surface area (Å²) in [5.74, 6) is -0.360. The molecule has 0 aliphatic carbocycles. The quantitative estimate of drug-likeness (QED) is 0.622. The van der Waals surface area contributed by atoms with Gasteiger partial charge in [0.1, 0.15) is 0 Å². The maximum absolute atomic E-state index is 12.5. The summed E-state index contributed by atoms with van der Waals surface area (Å²) in [5, 5.41) is 2.69. The fourth-order valence-corrected chi connectivity index (χ4v) is 2.13. The molecule has 0 aliphatic rings. The minimum atomic E-state index is -0.227. The predicted octanol–water partition coefficient (Wildman–Crippen LogP) is -1.14. The van der Waals surface area contributed by atoms with Gasteiger partial charge in [0.25, 0.3) is 5.91 Å². The van der Waals surface area contributed by atoms with Crippen molar-refractivity contribution in [1.29, 1.82) is 0 Å². The van der Waals surface area contributed by atoms with Crippen LogP contribution in [-0.4, -0.2) is 18.2 Å². The second-order valence-corrected chi connectivity index (χ2v) is 5.10. The van der Waals surface area contributed by atoms with E-state index in [9.17, 15) is 9.59 Å². The summed E-state index contributed by atoms with van der Waals surface area (Å²) in [6, 6.07) is 14.1. The van der Waals surface area contributed by atoms with E-state index >= 15 is 0 Å². The lowest BCUT2D eigenvalue weighted by Gasteiger charge is -2.10. The van der Waals surface area contributed by atoms with E-state index in [2.05, 4.69) is 27.0 Å². The third kappa shape index (κ3) is 4.49.